The zero-order chi connectivity index (χ0) is 25.2. The van der Waals surface area contributed by atoms with Gasteiger partial charge in [0.25, 0.3) is 0 Å². The highest BCUT2D eigenvalue weighted by atomic mass is 19.4. The van der Waals surface area contributed by atoms with E-state index in [1.807, 2.05) is 24.0 Å². The second-order valence-electron chi connectivity index (χ2n) is 7.82. The van der Waals surface area contributed by atoms with Crippen LogP contribution in [0.25, 0.3) is 17.5 Å². The fourth-order valence-corrected chi connectivity index (χ4v) is 3.31. The quantitative estimate of drug-likeness (QED) is 0.395. The smallest absolute Gasteiger partial charge is 0.440 e. The number of ether oxygens (including phenoxy) is 1. The Hall–Kier alpha value is -4.28. The maximum atomic E-state index is 12.7. The number of aromatic amines is 1. The lowest BCUT2D eigenvalue weighted by Crippen LogP contribution is -2.18. The monoisotopic (exact) mass is 487 g/mol. The van der Waals surface area contributed by atoms with Crippen LogP contribution in [0.2, 0.25) is 0 Å². The number of alkyl halides is 3. The van der Waals surface area contributed by atoms with Crippen molar-refractivity contribution in [2.75, 3.05) is 0 Å². The highest BCUT2D eigenvalue weighted by Gasteiger charge is 2.30. The van der Waals surface area contributed by atoms with Gasteiger partial charge in [-0.25, -0.2) is 19.6 Å². The number of benzene rings is 2. The fourth-order valence-electron chi connectivity index (χ4n) is 3.31. The third kappa shape index (κ3) is 5.81. The molecule has 0 aliphatic rings. The van der Waals surface area contributed by atoms with E-state index < -0.39 is 29.2 Å². The van der Waals surface area contributed by atoms with Gasteiger partial charge in [-0.15, -0.1) is 4.74 Å². The lowest BCUT2D eigenvalue weighted by Gasteiger charge is -2.08. The van der Waals surface area contributed by atoms with Crippen molar-refractivity contribution in [2.45, 2.75) is 32.7 Å². The summed E-state index contributed by atoms with van der Waals surface area (Å²) in [4.78, 5) is 29.1. The average Bonchev–Trinajstić information content (AvgIpc) is 3.41. The Labute approximate surface area is 196 Å². The standard InChI is InChI=1S/C24H20F3N3O5/c1-14-9-16(4-3-15(2)30-22(31)29-23(32)35-30)11-20(10-14)33-12-19-13-34-21(28-19)17-5-7-18(8-6-17)24(25,26)27/h3-11,13,15H,12H2,1-2H3,(H,29,31,32). The normalized spacial score (nSPS) is 12.8. The summed E-state index contributed by atoms with van der Waals surface area (Å²) in [5.41, 5.74) is 1.21. The summed E-state index contributed by atoms with van der Waals surface area (Å²) in [7, 11) is 0. The highest BCUT2D eigenvalue weighted by Crippen LogP contribution is 2.31. The van der Waals surface area contributed by atoms with Crippen molar-refractivity contribution in [3.8, 4) is 17.2 Å². The molecule has 0 saturated carbocycles. The second kappa shape index (κ2) is 9.53. The minimum absolute atomic E-state index is 0.0804. The van der Waals surface area contributed by atoms with Crippen LogP contribution in [0.5, 0.6) is 5.75 Å². The molecule has 11 heteroatoms. The highest BCUT2D eigenvalue weighted by molar-refractivity contribution is 5.55. The molecular formula is C24H20F3N3O5. The molecule has 0 spiro atoms. The van der Waals surface area contributed by atoms with E-state index in [2.05, 4.69) is 4.98 Å². The van der Waals surface area contributed by atoms with E-state index in [0.29, 0.717) is 17.0 Å². The van der Waals surface area contributed by atoms with E-state index in [4.69, 9.17) is 13.7 Å². The summed E-state index contributed by atoms with van der Waals surface area (Å²) in [6, 6.07) is 9.56. The molecule has 2 aromatic heterocycles. The van der Waals surface area contributed by atoms with Crippen LogP contribution in [0.3, 0.4) is 0 Å². The first-order valence-corrected chi connectivity index (χ1v) is 10.5. The zero-order valence-electron chi connectivity index (χ0n) is 18.6. The summed E-state index contributed by atoms with van der Waals surface area (Å²) in [5.74, 6) is -0.0802. The Morgan fingerprint density at radius 2 is 1.91 bits per heavy atom. The van der Waals surface area contributed by atoms with Crippen molar-refractivity contribution in [3.63, 3.8) is 0 Å². The zero-order valence-corrected chi connectivity index (χ0v) is 18.6. The minimum atomic E-state index is -4.41. The van der Waals surface area contributed by atoms with E-state index in [9.17, 15) is 22.8 Å². The Morgan fingerprint density at radius 1 is 1.17 bits per heavy atom. The molecule has 1 unspecified atom stereocenters. The molecule has 182 valence electrons. The van der Waals surface area contributed by atoms with Crippen LogP contribution in [0.15, 0.2) is 73.3 Å². The molecule has 0 fully saturated rings. The van der Waals surface area contributed by atoms with E-state index in [0.717, 1.165) is 28.0 Å². The SMILES string of the molecule is Cc1cc(C=CC(C)n2oc(=O)[nH]c2=O)cc(OCc2coc(-c3ccc(C(F)(F)F)cc3)n2)c1. The average molecular weight is 487 g/mol. The molecule has 0 saturated heterocycles. The molecule has 0 aliphatic heterocycles. The molecule has 35 heavy (non-hydrogen) atoms. The molecule has 4 aromatic rings. The van der Waals surface area contributed by atoms with Crippen molar-refractivity contribution in [2.24, 2.45) is 0 Å². The summed E-state index contributed by atoms with van der Waals surface area (Å²) in [5, 5.41) is 0. The number of rotatable bonds is 7. The number of oxazole rings is 1. The Bertz CT molecular complexity index is 1460. The summed E-state index contributed by atoms with van der Waals surface area (Å²) >= 11 is 0. The Kier molecular flexibility index (Phi) is 6.50. The predicted octanol–water partition coefficient (Wildman–Crippen LogP) is 4.97. The summed E-state index contributed by atoms with van der Waals surface area (Å²) in [6.07, 6.45) is 0.435. The van der Waals surface area contributed by atoms with Crippen LogP contribution in [0.4, 0.5) is 13.2 Å². The molecule has 0 radical (unpaired) electrons. The van der Waals surface area contributed by atoms with E-state index in [1.54, 1.807) is 25.1 Å². The maximum Gasteiger partial charge on any atom is 0.440 e. The van der Waals surface area contributed by atoms with Crippen molar-refractivity contribution in [1.82, 2.24) is 14.7 Å². The number of nitrogens with zero attached hydrogens (tertiary/aromatic N) is 2. The van der Waals surface area contributed by atoms with Gasteiger partial charge in [0.1, 0.15) is 24.3 Å². The third-order valence-corrected chi connectivity index (χ3v) is 5.00. The van der Waals surface area contributed by atoms with Crippen LogP contribution < -0.4 is 16.2 Å². The topological polar surface area (TPSA) is 103 Å². The first kappa shape index (κ1) is 23.9. The lowest BCUT2D eigenvalue weighted by atomic mass is 10.1. The lowest BCUT2D eigenvalue weighted by molar-refractivity contribution is -0.137. The van der Waals surface area contributed by atoms with Crippen LogP contribution in [0, 0.1) is 6.92 Å². The van der Waals surface area contributed by atoms with Gasteiger partial charge < -0.3 is 13.7 Å². The molecule has 8 nitrogen and oxygen atoms in total. The first-order valence-electron chi connectivity index (χ1n) is 10.5. The van der Waals surface area contributed by atoms with Crippen LogP contribution in [0.1, 0.15) is 35.3 Å². The summed E-state index contributed by atoms with van der Waals surface area (Å²) in [6.45, 7) is 3.67. The van der Waals surface area contributed by atoms with Crippen molar-refractivity contribution < 1.29 is 26.8 Å². The molecule has 0 aliphatic carbocycles. The molecule has 1 N–H and O–H groups in total. The van der Waals surface area contributed by atoms with Gasteiger partial charge in [-0.05, 0) is 61.4 Å². The fraction of sp³-hybridized carbons (Fsp3) is 0.208. The van der Waals surface area contributed by atoms with E-state index in [1.165, 1.54) is 18.4 Å². The number of aryl methyl sites for hydroxylation is 1. The molecule has 4 rings (SSSR count). The van der Waals surface area contributed by atoms with Gasteiger partial charge >= 0.3 is 17.6 Å². The van der Waals surface area contributed by atoms with Gasteiger partial charge in [0, 0.05) is 5.56 Å². The molecule has 0 bridgehead atoms. The Morgan fingerprint density at radius 3 is 2.57 bits per heavy atom. The van der Waals surface area contributed by atoms with Gasteiger partial charge in [-0.3, -0.25) is 0 Å². The van der Waals surface area contributed by atoms with E-state index in [-0.39, 0.29) is 12.5 Å². The first-order chi connectivity index (χ1) is 16.6. The van der Waals surface area contributed by atoms with Gasteiger partial charge in [0.15, 0.2) is 0 Å². The van der Waals surface area contributed by atoms with Gasteiger partial charge in [-0.1, -0.05) is 18.2 Å². The largest absolute Gasteiger partial charge is 0.487 e. The Balaban J connectivity index is 1.42. The third-order valence-electron chi connectivity index (χ3n) is 5.00. The van der Waals surface area contributed by atoms with Crippen LogP contribution >= 0.6 is 0 Å². The van der Waals surface area contributed by atoms with Crippen LogP contribution in [-0.2, 0) is 12.8 Å². The molecule has 0 amide bonds. The minimum Gasteiger partial charge on any atom is -0.487 e. The van der Waals surface area contributed by atoms with Gasteiger partial charge in [-0.2, -0.15) is 13.2 Å². The molecule has 2 heterocycles. The molecule has 1 atom stereocenters. The van der Waals surface area contributed by atoms with Crippen molar-refractivity contribution >= 4 is 6.08 Å². The number of hydrogen-bond donors (Lipinski definition) is 1. The number of aromatic nitrogens is 3. The number of halogens is 3. The van der Waals surface area contributed by atoms with Crippen molar-refractivity contribution in [3.05, 3.63) is 98.2 Å². The molecular weight excluding hydrogens is 467 g/mol. The van der Waals surface area contributed by atoms with E-state index >= 15 is 0 Å². The number of hydrogen-bond acceptors (Lipinski definition) is 6. The van der Waals surface area contributed by atoms with Crippen molar-refractivity contribution in [1.29, 1.82) is 0 Å². The maximum absolute atomic E-state index is 12.7. The summed E-state index contributed by atoms with van der Waals surface area (Å²) < 4.78 is 55.2. The van der Waals surface area contributed by atoms with Gasteiger partial charge in [0.2, 0.25) is 5.89 Å². The number of nitrogens with one attached hydrogen (secondary N) is 1. The second-order valence-corrected chi connectivity index (χ2v) is 7.82. The van der Waals surface area contributed by atoms with Crippen LogP contribution in [-0.4, -0.2) is 14.7 Å². The number of allylic oxidation sites excluding steroid dienone is 1. The number of H-pyrrole nitrogens is 1. The van der Waals surface area contributed by atoms with Gasteiger partial charge in [0.05, 0.1) is 11.6 Å². The molecule has 2 aromatic carbocycles. The predicted molar refractivity (Wildman–Crippen MR) is 120 cm³/mol.